The van der Waals surface area contributed by atoms with Crippen molar-refractivity contribution in [1.82, 2.24) is 4.90 Å². The lowest BCUT2D eigenvalue weighted by Gasteiger charge is -2.16. The highest BCUT2D eigenvalue weighted by atomic mass is 35.5. The molecule has 1 amide bonds. The van der Waals surface area contributed by atoms with E-state index in [1.54, 1.807) is 35.2 Å². The standard InChI is InChI=1S/C22H20ClNO4/c1-14-4-9-17-18(12-14)28-21(15-5-7-16(23)8-6-15)22(20(17)26)27-13-19(25)24-10-2-3-11-24/h4-9,12H,2-3,10-11,13H2,1H3. The Labute approximate surface area is 167 Å². The molecule has 1 aliphatic heterocycles. The number of benzene rings is 2. The number of nitrogens with zero attached hydrogens (tertiary/aromatic N) is 1. The highest BCUT2D eigenvalue weighted by Gasteiger charge is 2.22. The van der Waals surface area contributed by atoms with Crippen LogP contribution in [0.15, 0.2) is 51.7 Å². The number of rotatable bonds is 4. The Morgan fingerprint density at radius 3 is 2.57 bits per heavy atom. The van der Waals surface area contributed by atoms with Gasteiger partial charge in [0.2, 0.25) is 11.2 Å². The third-order valence-corrected chi connectivity index (χ3v) is 5.16. The second kappa shape index (κ2) is 7.68. The van der Waals surface area contributed by atoms with Gasteiger partial charge in [-0.1, -0.05) is 17.7 Å². The molecule has 6 heteroatoms. The highest BCUT2D eigenvalue weighted by molar-refractivity contribution is 6.30. The van der Waals surface area contributed by atoms with Crippen LogP contribution in [-0.4, -0.2) is 30.5 Å². The SMILES string of the molecule is Cc1ccc2c(=O)c(OCC(=O)N3CCCC3)c(-c3ccc(Cl)cc3)oc2c1. The van der Waals surface area contributed by atoms with Crippen molar-refractivity contribution in [2.45, 2.75) is 19.8 Å². The molecule has 3 aromatic rings. The Morgan fingerprint density at radius 1 is 1.14 bits per heavy atom. The smallest absolute Gasteiger partial charge is 0.260 e. The molecule has 0 aliphatic carbocycles. The van der Waals surface area contributed by atoms with Crippen LogP contribution in [0.5, 0.6) is 5.75 Å². The molecule has 0 N–H and O–H groups in total. The third kappa shape index (κ3) is 3.62. The molecule has 144 valence electrons. The second-order valence-electron chi connectivity index (χ2n) is 6.97. The predicted octanol–water partition coefficient (Wildman–Crippen LogP) is 4.42. The molecule has 0 atom stereocenters. The van der Waals surface area contributed by atoms with E-state index in [1.165, 1.54) is 0 Å². The molecule has 0 radical (unpaired) electrons. The van der Waals surface area contributed by atoms with E-state index < -0.39 is 0 Å². The molecule has 0 bridgehead atoms. The summed E-state index contributed by atoms with van der Waals surface area (Å²) >= 11 is 5.99. The van der Waals surface area contributed by atoms with E-state index in [1.807, 2.05) is 19.1 Å². The van der Waals surface area contributed by atoms with E-state index in [0.717, 1.165) is 31.5 Å². The van der Waals surface area contributed by atoms with Crippen LogP contribution in [0.3, 0.4) is 0 Å². The zero-order chi connectivity index (χ0) is 19.7. The van der Waals surface area contributed by atoms with Crippen LogP contribution in [0.4, 0.5) is 0 Å². The molecule has 2 aromatic carbocycles. The number of hydrogen-bond donors (Lipinski definition) is 0. The molecule has 5 nitrogen and oxygen atoms in total. The maximum atomic E-state index is 13.1. The van der Waals surface area contributed by atoms with Crippen molar-refractivity contribution in [3.8, 4) is 17.1 Å². The lowest BCUT2D eigenvalue weighted by atomic mass is 10.1. The van der Waals surface area contributed by atoms with Crippen LogP contribution in [0, 0.1) is 6.92 Å². The van der Waals surface area contributed by atoms with Crippen LogP contribution < -0.4 is 10.2 Å². The minimum atomic E-state index is -0.291. The van der Waals surface area contributed by atoms with E-state index in [0.29, 0.717) is 27.3 Å². The number of hydrogen-bond acceptors (Lipinski definition) is 4. The summed E-state index contributed by atoms with van der Waals surface area (Å²) in [5.41, 5.74) is 1.83. The molecule has 1 aliphatic rings. The quantitative estimate of drug-likeness (QED) is 0.653. The summed E-state index contributed by atoms with van der Waals surface area (Å²) in [5.74, 6) is 0.225. The van der Waals surface area contributed by atoms with E-state index in [2.05, 4.69) is 0 Å². The van der Waals surface area contributed by atoms with Crippen molar-refractivity contribution < 1.29 is 13.9 Å². The van der Waals surface area contributed by atoms with Crippen molar-refractivity contribution in [2.75, 3.05) is 19.7 Å². The summed E-state index contributed by atoms with van der Waals surface area (Å²) in [6.45, 7) is 3.21. The summed E-state index contributed by atoms with van der Waals surface area (Å²) in [6.07, 6.45) is 2.00. The van der Waals surface area contributed by atoms with Gasteiger partial charge in [-0.25, -0.2) is 0 Å². The average Bonchev–Trinajstić information content (AvgIpc) is 3.22. The number of amides is 1. The molecule has 1 saturated heterocycles. The van der Waals surface area contributed by atoms with Gasteiger partial charge in [0, 0.05) is 23.7 Å². The van der Waals surface area contributed by atoms with Gasteiger partial charge in [0.05, 0.1) is 5.39 Å². The minimum absolute atomic E-state index is 0.0474. The van der Waals surface area contributed by atoms with Gasteiger partial charge < -0.3 is 14.1 Å². The fraction of sp³-hybridized carbons (Fsp3) is 0.273. The van der Waals surface area contributed by atoms with Crippen LogP contribution in [0.1, 0.15) is 18.4 Å². The third-order valence-electron chi connectivity index (χ3n) is 4.91. The van der Waals surface area contributed by atoms with Crippen molar-refractivity contribution in [1.29, 1.82) is 0 Å². The highest BCUT2D eigenvalue weighted by Crippen LogP contribution is 2.32. The average molecular weight is 398 g/mol. The minimum Gasteiger partial charge on any atom is -0.476 e. The number of carbonyl (C=O) groups excluding carboxylic acids is 1. The van der Waals surface area contributed by atoms with Gasteiger partial charge in [-0.3, -0.25) is 9.59 Å². The monoisotopic (exact) mass is 397 g/mol. The first-order valence-electron chi connectivity index (χ1n) is 9.27. The van der Waals surface area contributed by atoms with E-state index in [4.69, 9.17) is 20.8 Å². The van der Waals surface area contributed by atoms with Crippen molar-refractivity contribution in [3.63, 3.8) is 0 Å². The summed E-state index contributed by atoms with van der Waals surface area (Å²) in [7, 11) is 0. The molecule has 0 saturated carbocycles. The van der Waals surface area contributed by atoms with Crippen molar-refractivity contribution in [2.24, 2.45) is 0 Å². The molecule has 2 heterocycles. The Morgan fingerprint density at radius 2 is 1.86 bits per heavy atom. The topological polar surface area (TPSA) is 59.8 Å². The molecular weight excluding hydrogens is 378 g/mol. The van der Waals surface area contributed by atoms with E-state index in [-0.39, 0.29) is 23.7 Å². The summed E-state index contributed by atoms with van der Waals surface area (Å²) in [5, 5.41) is 1.00. The number of carbonyl (C=O) groups is 1. The second-order valence-corrected chi connectivity index (χ2v) is 7.41. The van der Waals surface area contributed by atoms with Gasteiger partial charge in [-0.2, -0.15) is 0 Å². The number of ether oxygens (including phenoxy) is 1. The number of likely N-dealkylation sites (tertiary alicyclic amines) is 1. The fourth-order valence-electron chi connectivity index (χ4n) is 3.40. The lowest BCUT2D eigenvalue weighted by molar-refractivity contribution is -0.132. The normalized spacial score (nSPS) is 13.9. The van der Waals surface area contributed by atoms with E-state index in [9.17, 15) is 9.59 Å². The maximum absolute atomic E-state index is 13.1. The van der Waals surface area contributed by atoms with Crippen LogP contribution in [0.2, 0.25) is 5.02 Å². The van der Waals surface area contributed by atoms with E-state index >= 15 is 0 Å². The summed E-state index contributed by atoms with van der Waals surface area (Å²) in [6, 6.07) is 12.3. The Bertz CT molecular complexity index is 1080. The number of fused-ring (bicyclic) bond motifs is 1. The first kappa shape index (κ1) is 18.6. The first-order valence-corrected chi connectivity index (χ1v) is 9.65. The first-order chi connectivity index (χ1) is 13.5. The molecule has 28 heavy (non-hydrogen) atoms. The molecular formula is C22H20ClNO4. The van der Waals surface area contributed by atoms with Crippen LogP contribution in [0.25, 0.3) is 22.3 Å². The zero-order valence-electron chi connectivity index (χ0n) is 15.5. The summed E-state index contributed by atoms with van der Waals surface area (Å²) in [4.78, 5) is 27.2. The number of aryl methyl sites for hydroxylation is 1. The van der Waals surface area contributed by atoms with Gasteiger partial charge in [-0.15, -0.1) is 0 Å². The van der Waals surface area contributed by atoms with Gasteiger partial charge in [0.1, 0.15) is 5.58 Å². The molecule has 1 fully saturated rings. The molecule has 1 aromatic heterocycles. The largest absolute Gasteiger partial charge is 0.476 e. The van der Waals surface area contributed by atoms with Gasteiger partial charge in [0.15, 0.2) is 12.4 Å². The zero-order valence-corrected chi connectivity index (χ0v) is 16.3. The van der Waals surface area contributed by atoms with Crippen molar-refractivity contribution in [3.05, 3.63) is 63.3 Å². The number of halogens is 1. The lowest BCUT2D eigenvalue weighted by Crippen LogP contribution is -2.32. The molecule has 0 spiro atoms. The molecule has 4 rings (SSSR count). The van der Waals surface area contributed by atoms with Crippen molar-refractivity contribution >= 4 is 28.5 Å². The maximum Gasteiger partial charge on any atom is 0.260 e. The summed E-state index contributed by atoms with van der Waals surface area (Å²) < 4.78 is 11.8. The Hall–Kier alpha value is -2.79. The fourth-order valence-corrected chi connectivity index (χ4v) is 3.52. The van der Waals surface area contributed by atoms with Gasteiger partial charge >= 0.3 is 0 Å². The van der Waals surface area contributed by atoms with Crippen LogP contribution in [-0.2, 0) is 4.79 Å². The Kier molecular flexibility index (Phi) is 5.09. The molecule has 0 unspecified atom stereocenters. The van der Waals surface area contributed by atoms with Gasteiger partial charge in [0.25, 0.3) is 5.91 Å². The Balaban J connectivity index is 1.77. The van der Waals surface area contributed by atoms with Gasteiger partial charge in [-0.05, 0) is 61.7 Å². The predicted molar refractivity (Wildman–Crippen MR) is 109 cm³/mol. The van der Waals surface area contributed by atoms with Crippen LogP contribution >= 0.6 is 11.6 Å².